The highest BCUT2D eigenvalue weighted by Crippen LogP contribution is 2.08. The molecule has 2 N–H and O–H groups in total. The number of pyridine rings is 1. The van der Waals surface area contributed by atoms with E-state index in [-0.39, 0.29) is 11.1 Å². The maximum absolute atomic E-state index is 12.3. The predicted molar refractivity (Wildman–Crippen MR) is 75.1 cm³/mol. The Balaban J connectivity index is 3.14. The minimum absolute atomic E-state index is 0.00884. The van der Waals surface area contributed by atoms with Crippen LogP contribution in [-0.2, 0) is 11.3 Å². The van der Waals surface area contributed by atoms with Crippen LogP contribution in [0, 0.1) is 13.8 Å². The van der Waals surface area contributed by atoms with Gasteiger partial charge in [-0.3, -0.25) is 14.4 Å². The van der Waals surface area contributed by atoms with Crippen LogP contribution in [0.4, 0.5) is 0 Å². The van der Waals surface area contributed by atoms with Gasteiger partial charge in [0.15, 0.2) is 0 Å². The van der Waals surface area contributed by atoms with Crippen LogP contribution in [0.25, 0.3) is 0 Å². The molecule has 0 aromatic carbocycles. The van der Waals surface area contributed by atoms with Crippen LogP contribution in [0.3, 0.4) is 0 Å². The Hall–Kier alpha value is -2.11. The first-order valence-electron chi connectivity index (χ1n) is 6.59. The Bertz CT molecular complexity index is 575. The van der Waals surface area contributed by atoms with E-state index in [0.29, 0.717) is 6.54 Å². The van der Waals surface area contributed by atoms with Crippen molar-refractivity contribution >= 4 is 11.9 Å². The Morgan fingerprint density at radius 1 is 1.35 bits per heavy atom. The van der Waals surface area contributed by atoms with E-state index in [9.17, 15) is 14.4 Å². The SMILES string of the molecule is CCCCn1c(C)c(C)cc(C(=O)NCC(=O)O)c1=O. The van der Waals surface area contributed by atoms with Crippen molar-refractivity contribution in [1.29, 1.82) is 0 Å². The lowest BCUT2D eigenvalue weighted by Gasteiger charge is -2.14. The van der Waals surface area contributed by atoms with Gasteiger partial charge in [-0.1, -0.05) is 13.3 Å². The summed E-state index contributed by atoms with van der Waals surface area (Å²) in [6.07, 6.45) is 1.79. The molecule has 20 heavy (non-hydrogen) atoms. The summed E-state index contributed by atoms with van der Waals surface area (Å²) in [6, 6.07) is 1.51. The maximum atomic E-state index is 12.3. The second-order valence-electron chi connectivity index (χ2n) is 4.71. The van der Waals surface area contributed by atoms with Gasteiger partial charge in [0, 0.05) is 12.2 Å². The standard InChI is InChI=1S/C14H20N2O4/c1-4-5-6-16-10(3)9(2)7-11(14(16)20)13(19)15-8-12(17)18/h7H,4-6,8H2,1-3H3,(H,15,19)(H,17,18). The summed E-state index contributed by atoms with van der Waals surface area (Å²) < 4.78 is 1.58. The first kappa shape index (κ1) is 15.9. The summed E-state index contributed by atoms with van der Waals surface area (Å²) in [6.45, 7) is 5.75. The number of unbranched alkanes of at least 4 members (excludes halogenated alkanes) is 1. The minimum atomic E-state index is -1.14. The number of hydrogen-bond donors (Lipinski definition) is 2. The molecule has 0 atom stereocenters. The zero-order valence-corrected chi connectivity index (χ0v) is 12.0. The molecule has 1 amide bonds. The first-order chi connectivity index (χ1) is 9.38. The molecule has 1 aromatic heterocycles. The number of nitrogens with one attached hydrogen (secondary N) is 1. The highest BCUT2D eigenvalue weighted by molar-refractivity contribution is 5.95. The minimum Gasteiger partial charge on any atom is -0.480 e. The topological polar surface area (TPSA) is 88.4 Å². The fourth-order valence-corrected chi connectivity index (χ4v) is 1.89. The van der Waals surface area contributed by atoms with Crippen molar-refractivity contribution in [3.05, 3.63) is 33.2 Å². The fourth-order valence-electron chi connectivity index (χ4n) is 1.89. The molecule has 0 radical (unpaired) electrons. The summed E-state index contributed by atoms with van der Waals surface area (Å²) in [5.41, 5.74) is 1.29. The van der Waals surface area contributed by atoms with Crippen molar-refractivity contribution in [1.82, 2.24) is 9.88 Å². The predicted octanol–water partition coefficient (Wildman–Crippen LogP) is 1.08. The third-order valence-electron chi connectivity index (χ3n) is 3.19. The molecule has 6 heteroatoms. The Kier molecular flexibility index (Phi) is 5.49. The molecule has 6 nitrogen and oxygen atoms in total. The Labute approximate surface area is 117 Å². The molecule has 0 fully saturated rings. The van der Waals surface area contributed by atoms with Crippen molar-refractivity contribution in [3.8, 4) is 0 Å². The van der Waals surface area contributed by atoms with E-state index in [1.165, 1.54) is 6.07 Å². The van der Waals surface area contributed by atoms with Crippen LogP contribution in [-0.4, -0.2) is 28.1 Å². The van der Waals surface area contributed by atoms with Gasteiger partial charge in [0.25, 0.3) is 11.5 Å². The van der Waals surface area contributed by atoms with E-state index in [2.05, 4.69) is 5.32 Å². The van der Waals surface area contributed by atoms with Gasteiger partial charge in [-0.05, 0) is 31.9 Å². The number of aliphatic carboxylic acids is 1. The van der Waals surface area contributed by atoms with Crippen molar-refractivity contribution < 1.29 is 14.7 Å². The number of aromatic nitrogens is 1. The molecule has 0 unspecified atom stereocenters. The first-order valence-corrected chi connectivity index (χ1v) is 6.59. The normalized spacial score (nSPS) is 10.3. The summed E-state index contributed by atoms with van der Waals surface area (Å²) >= 11 is 0. The third kappa shape index (κ3) is 3.69. The van der Waals surface area contributed by atoms with E-state index >= 15 is 0 Å². The molecular formula is C14H20N2O4. The number of hydrogen-bond acceptors (Lipinski definition) is 3. The molecular weight excluding hydrogens is 260 g/mol. The van der Waals surface area contributed by atoms with Crippen LogP contribution < -0.4 is 10.9 Å². The van der Waals surface area contributed by atoms with Crippen molar-refractivity contribution in [2.24, 2.45) is 0 Å². The Morgan fingerprint density at radius 3 is 2.55 bits per heavy atom. The zero-order valence-electron chi connectivity index (χ0n) is 12.0. The van der Waals surface area contributed by atoms with Crippen molar-refractivity contribution in [2.45, 2.75) is 40.2 Å². The summed E-state index contributed by atoms with van der Waals surface area (Å²) in [5.74, 6) is -1.79. The van der Waals surface area contributed by atoms with Gasteiger partial charge in [-0.15, -0.1) is 0 Å². The Morgan fingerprint density at radius 2 is 2.00 bits per heavy atom. The van der Waals surface area contributed by atoms with Gasteiger partial charge in [-0.2, -0.15) is 0 Å². The molecule has 0 spiro atoms. The molecule has 110 valence electrons. The van der Waals surface area contributed by atoms with Gasteiger partial charge < -0.3 is 15.0 Å². The smallest absolute Gasteiger partial charge is 0.322 e. The highest BCUT2D eigenvalue weighted by atomic mass is 16.4. The number of amides is 1. The quantitative estimate of drug-likeness (QED) is 0.816. The number of carbonyl (C=O) groups is 2. The average Bonchev–Trinajstić information content (AvgIpc) is 2.40. The van der Waals surface area contributed by atoms with E-state index in [4.69, 9.17) is 5.11 Å². The summed E-state index contributed by atoms with van der Waals surface area (Å²) in [5, 5.41) is 10.8. The monoisotopic (exact) mass is 280 g/mol. The van der Waals surface area contributed by atoms with Gasteiger partial charge in [0.2, 0.25) is 0 Å². The second-order valence-corrected chi connectivity index (χ2v) is 4.71. The number of rotatable bonds is 6. The summed E-state index contributed by atoms with van der Waals surface area (Å²) in [4.78, 5) is 34.6. The van der Waals surface area contributed by atoms with Gasteiger partial charge in [0.05, 0.1) is 0 Å². The maximum Gasteiger partial charge on any atom is 0.322 e. The van der Waals surface area contributed by atoms with Crippen molar-refractivity contribution in [2.75, 3.05) is 6.54 Å². The molecule has 1 aromatic rings. The largest absolute Gasteiger partial charge is 0.480 e. The lowest BCUT2D eigenvalue weighted by atomic mass is 10.1. The van der Waals surface area contributed by atoms with E-state index in [0.717, 1.165) is 24.1 Å². The molecule has 0 saturated heterocycles. The highest BCUT2D eigenvalue weighted by Gasteiger charge is 2.16. The van der Waals surface area contributed by atoms with Crippen LogP contribution in [0.5, 0.6) is 0 Å². The lowest BCUT2D eigenvalue weighted by molar-refractivity contribution is -0.135. The molecule has 0 saturated carbocycles. The van der Waals surface area contributed by atoms with Gasteiger partial charge in [0.1, 0.15) is 12.1 Å². The van der Waals surface area contributed by atoms with E-state index < -0.39 is 18.4 Å². The molecule has 0 bridgehead atoms. The second kappa shape index (κ2) is 6.88. The van der Waals surface area contributed by atoms with E-state index in [1.807, 2.05) is 20.8 Å². The number of carboxylic acids is 1. The van der Waals surface area contributed by atoms with Gasteiger partial charge >= 0.3 is 5.97 Å². The molecule has 0 aliphatic heterocycles. The number of carboxylic acid groups (broad SMARTS) is 1. The zero-order chi connectivity index (χ0) is 15.3. The van der Waals surface area contributed by atoms with Crippen LogP contribution in [0.1, 0.15) is 41.4 Å². The fraction of sp³-hybridized carbons (Fsp3) is 0.500. The molecule has 0 aliphatic carbocycles. The molecule has 0 aliphatic rings. The van der Waals surface area contributed by atoms with Crippen LogP contribution >= 0.6 is 0 Å². The third-order valence-corrected chi connectivity index (χ3v) is 3.19. The summed E-state index contributed by atoms with van der Waals surface area (Å²) in [7, 11) is 0. The van der Waals surface area contributed by atoms with Gasteiger partial charge in [-0.25, -0.2) is 0 Å². The average molecular weight is 280 g/mol. The number of nitrogens with zero attached hydrogens (tertiary/aromatic N) is 1. The van der Waals surface area contributed by atoms with Crippen LogP contribution in [0.2, 0.25) is 0 Å². The lowest BCUT2D eigenvalue weighted by Crippen LogP contribution is -2.36. The van der Waals surface area contributed by atoms with Crippen molar-refractivity contribution in [3.63, 3.8) is 0 Å². The molecule has 1 rings (SSSR count). The van der Waals surface area contributed by atoms with Crippen LogP contribution in [0.15, 0.2) is 10.9 Å². The number of aryl methyl sites for hydroxylation is 1. The molecule has 1 heterocycles. The number of carbonyl (C=O) groups excluding carboxylic acids is 1. The van der Waals surface area contributed by atoms with E-state index in [1.54, 1.807) is 4.57 Å².